The molecule has 0 spiro atoms. The average molecular weight is 265 g/mol. The van der Waals surface area contributed by atoms with E-state index < -0.39 is 0 Å². The molecule has 0 bridgehead atoms. The van der Waals surface area contributed by atoms with Gasteiger partial charge in [-0.15, -0.1) is 10.2 Å². The minimum absolute atomic E-state index is 0.0294. The van der Waals surface area contributed by atoms with Crippen molar-refractivity contribution in [3.8, 4) is 0 Å². The number of carbonyl (C=O) groups excluding carboxylic acids is 1. The molecule has 2 atom stereocenters. The predicted octanol–water partition coefficient (Wildman–Crippen LogP) is 0.252. The molecule has 1 saturated heterocycles. The first-order chi connectivity index (χ1) is 9.20. The molecule has 2 rings (SSSR count). The Morgan fingerprint density at radius 3 is 3.16 bits per heavy atom. The van der Waals surface area contributed by atoms with Gasteiger partial charge < -0.3 is 15.2 Å². The summed E-state index contributed by atoms with van der Waals surface area (Å²) in [6.07, 6.45) is 5.67. The van der Waals surface area contributed by atoms with Crippen molar-refractivity contribution in [2.75, 3.05) is 13.1 Å². The third-order valence-electron chi connectivity index (χ3n) is 3.86. The Labute approximate surface area is 114 Å². The second kappa shape index (κ2) is 6.65. The van der Waals surface area contributed by atoms with Crippen LogP contribution >= 0.6 is 0 Å². The zero-order chi connectivity index (χ0) is 13.7. The molecule has 1 amide bonds. The smallest absolute Gasteiger partial charge is 0.237 e. The second-order valence-corrected chi connectivity index (χ2v) is 5.20. The number of nitrogens with zero attached hydrogens (tertiary/aromatic N) is 3. The molecule has 0 aromatic carbocycles. The molecule has 2 heterocycles. The average Bonchev–Trinajstić information content (AvgIpc) is 2.84. The Hall–Kier alpha value is -1.43. The molecule has 19 heavy (non-hydrogen) atoms. The van der Waals surface area contributed by atoms with Crippen LogP contribution in [0.4, 0.5) is 0 Å². The lowest BCUT2D eigenvalue weighted by molar-refractivity contribution is -0.124. The molecule has 0 aliphatic carbocycles. The number of aromatic nitrogens is 3. The van der Waals surface area contributed by atoms with Crippen LogP contribution in [0.2, 0.25) is 0 Å². The molecule has 6 nitrogen and oxygen atoms in total. The van der Waals surface area contributed by atoms with Crippen molar-refractivity contribution in [1.29, 1.82) is 0 Å². The van der Waals surface area contributed by atoms with Gasteiger partial charge in [0.15, 0.2) is 0 Å². The largest absolute Gasteiger partial charge is 0.354 e. The Bertz CT molecular complexity index is 417. The first-order valence-corrected chi connectivity index (χ1v) is 7.04. The van der Waals surface area contributed by atoms with Gasteiger partial charge in [0, 0.05) is 20.0 Å². The lowest BCUT2D eigenvalue weighted by Gasteiger charge is -2.28. The van der Waals surface area contributed by atoms with Gasteiger partial charge >= 0.3 is 0 Å². The highest BCUT2D eigenvalue weighted by molar-refractivity contribution is 5.81. The van der Waals surface area contributed by atoms with Gasteiger partial charge in [0.2, 0.25) is 5.91 Å². The number of aryl methyl sites for hydroxylation is 1. The zero-order valence-corrected chi connectivity index (χ0v) is 11.7. The monoisotopic (exact) mass is 265 g/mol. The summed E-state index contributed by atoms with van der Waals surface area (Å²) in [5, 5.41) is 14.1. The van der Waals surface area contributed by atoms with E-state index in [1.165, 1.54) is 6.42 Å². The van der Waals surface area contributed by atoms with Gasteiger partial charge in [-0.25, -0.2) is 0 Å². The van der Waals surface area contributed by atoms with Crippen LogP contribution in [-0.2, 0) is 18.3 Å². The maximum absolute atomic E-state index is 12.1. The molecule has 1 aliphatic rings. The van der Waals surface area contributed by atoms with Crippen molar-refractivity contribution in [2.45, 2.75) is 38.6 Å². The van der Waals surface area contributed by atoms with Crippen LogP contribution in [0.3, 0.4) is 0 Å². The lowest BCUT2D eigenvalue weighted by Crippen LogP contribution is -2.49. The summed E-state index contributed by atoms with van der Waals surface area (Å²) >= 11 is 0. The van der Waals surface area contributed by atoms with Gasteiger partial charge in [0.1, 0.15) is 12.2 Å². The predicted molar refractivity (Wildman–Crippen MR) is 72.5 cm³/mol. The number of hydrogen-bond acceptors (Lipinski definition) is 4. The zero-order valence-electron chi connectivity index (χ0n) is 11.7. The van der Waals surface area contributed by atoms with E-state index in [1.807, 2.05) is 11.6 Å². The van der Waals surface area contributed by atoms with Crippen LogP contribution < -0.4 is 10.6 Å². The molecule has 1 aromatic heterocycles. The van der Waals surface area contributed by atoms with Gasteiger partial charge in [-0.05, 0) is 25.3 Å². The van der Waals surface area contributed by atoms with E-state index in [1.54, 1.807) is 6.33 Å². The van der Waals surface area contributed by atoms with Crippen LogP contribution in [0.1, 0.15) is 32.0 Å². The van der Waals surface area contributed by atoms with E-state index in [9.17, 15) is 4.79 Å². The number of piperidine rings is 1. The van der Waals surface area contributed by atoms with E-state index in [2.05, 4.69) is 27.8 Å². The topological polar surface area (TPSA) is 71.8 Å². The number of amides is 1. The third-order valence-corrected chi connectivity index (χ3v) is 3.86. The van der Waals surface area contributed by atoms with Gasteiger partial charge in [-0.2, -0.15) is 0 Å². The Morgan fingerprint density at radius 1 is 1.63 bits per heavy atom. The SMILES string of the molecule is CCC1CCNC(C(=O)NCCc2nncn2C)C1. The first-order valence-electron chi connectivity index (χ1n) is 7.04. The van der Waals surface area contributed by atoms with Gasteiger partial charge in [0.25, 0.3) is 0 Å². The Morgan fingerprint density at radius 2 is 2.47 bits per heavy atom. The summed E-state index contributed by atoms with van der Waals surface area (Å²) in [7, 11) is 1.91. The van der Waals surface area contributed by atoms with E-state index in [-0.39, 0.29) is 11.9 Å². The molecule has 106 valence electrons. The van der Waals surface area contributed by atoms with Gasteiger partial charge in [-0.3, -0.25) is 4.79 Å². The van der Waals surface area contributed by atoms with Crippen molar-refractivity contribution >= 4 is 5.91 Å². The van der Waals surface area contributed by atoms with E-state index in [0.717, 1.165) is 25.2 Å². The van der Waals surface area contributed by atoms with Crippen LogP contribution in [0.15, 0.2) is 6.33 Å². The standard InChI is InChI=1S/C13H23N5O/c1-3-10-4-6-14-11(8-10)13(19)15-7-5-12-17-16-9-18(12)2/h9-11,14H,3-8H2,1-2H3,(H,15,19). The van der Waals surface area contributed by atoms with Crippen molar-refractivity contribution in [1.82, 2.24) is 25.4 Å². The van der Waals surface area contributed by atoms with Gasteiger partial charge in [-0.1, -0.05) is 13.3 Å². The molecule has 1 fully saturated rings. The summed E-state index contributed by atoms with van der Waals surface area (Å²) < 4.78 is 1.87. The van der Waals surface area contributed by atoms with Crippen molar-refractivity contribution in [2.24, 2.45) is 13.0 Å². The second-order valence-electron chi connectivity index (χ2n) is 5.20. The fourth-order valence-corrected chi connectivity index (χ4v) is 2.52. The number of nitrogens with one attached hydrogen (secondary N) is 2. The fraction of sp³-hybridized carbons (Fsp3) is 0.769. The first kappa shape index (κ1) is 14.0. The lowest BCUT2D eigenvalue weighted by atomic mass is 9.90. The minimum atomic E-state index is -0.0294. The quantitative estimate of drug-likeness (QED) is 0.800. The van der Waals surface area contributed by atoms with Crippen LogP contribution in [0.25, 0.3) is 0 Å². The summed E-state index contributed by atoms with van der Waals surface area (Å²) in [5.74, 6) is 1.68. The molecular formula is C13H23N5O. The Kier molecular flexibility index (Phi) is 4.90. The highest BCUT2D eigenvalue weighted by Crippen LogP contribution is 2.19. The van der Waals surface area contributed by atoms with Crippen molar-refractivity contribution in [3.05, 3.63) is 12.2 Å². The molecule has 2 unspecified atom stereocenters. The molecule has 1 aliphatic heterocycles. The van der Waals surface area contributed by atoms with Crippen LogP contribution in [-0.4, -0.2) is 39.8 Å². The minimum Gasteiger partial charge on any atom is -0.354 e. The molecule has 0 saturated carbocycles. The maximum Gasteiger partial charge on any atom is 0.237 e. The van der Waals surface area contributed by atoms with Gasteiger partial charge in [0.05, 0.1) is 6.04 Å². The highest BCUT2D eigenvalue weighted by Gasteiger charge is 2.25. The number of hydrogen-bond donors (Lipinski definition) is 2. The normalized spacial score (nSPS) is 23.3. The maximum atomic E-state index is 12.1. The molecule has 1 aromatic rings. The summed E-state index contributed by atoms with van der Waals surface area (Å²) in [6.45, 7) is 3.75. The molecular weight excluding hydrogens is 242 g/mol. The fourth-order valence-electron chi connectivity index (χ4n) is 2.52. The summed E-state index contributed by atoms with van der Waals surface area (Å²) in [5.41, 5.74) is 0. The van der Waals surface area contributed by atoms with Crippen LogP contribution in [0, 0.1) is 5.92 Å². The van der Waals surface area contributed by atoms with E-state index in [4.69, 9.17) is 0 Å². The molecule has 2 N–H and O–H groups in total. The Balaban J connectivity index is 1.73. The van der Waals surface area contributed by atoms with Crippen molar-refractivity contribution in [3.63, 3.8) is 0 Å². The van der Waals surface area contributed by atoms with Crippen LogP contribution in [0.5, 0.6) is 0 Å². The number of rotatable bonds is 5. The third kappa shape index (κ3) is 3.76. The molecule has 0 radical (unpaired) electrons. The number of carbonyl (C=O) groups is 1. The van der Waals surface area contributed by atoms with E-state index >= 15 is 0 Å². The van der Waals surface area contributed by atoms with Crippen molar-refractivity contribution < 1.29 is 4.79 Å². The molecule has 6 heteroatoms. The highest BCUT2D eigenvalue weighted by atomic mass is 16.2. The summed E-state index contributed by atoms with van der Waals surface area (Å²) in [4.78, 5) is 12.1. The van der Waals surface area contributed by atoms with E-state index in [0.29, 0.717) is 18.9 Å². The summed E-state index contributed by atoms with van der Waals surface area (Å²) in [6, 6.07) is -0.0294.